The molecule has 0 bridgehead atoms. The number of fused-ring (bicyclic) bond motifs is 9. The zero-order chi connectivity index (χ0) is 55.9. The van der Waals surface area contributed by atoms with E-state index in [1.165, 1.54) is 0 Å². The molecule has 12 aromatic rings. The van der Waals surface area contributed by atoms with Crippen LogP contribution in [-0.4, -0.2) is 21.1 Å². The summed E-state index contributed by atoms with van der Waals surface area (Å²) in [5.41, 5.74) is 16.2. The van der Waals surface area contributed by atoms with Crippen molar-refractivity contribution in [3.8, 4) is 78.6 Å². The summed E-state index contributed by atoms with van der Waals surface area (Å²) in [6.07, 6.45) is 0. The van der Waals surface area contributed by atoms with Crippen molar-refractivity contribution in [3.63, 3.8) is 0 Å². The second kappa shape index (κ2) is 18.7. The van der Waals surface area contributed by atoms with E-state index in [0.29, 0.717) is 28.4 Å². The summed E-state index contributed by atoms with van der Waals surface area (Å²) in [4.78, 5) is 9.76. The first-order valence-corrected chi connectivity index (χ1v) is 26.2. The normalized spacial score (nSPS) is 13.8. The summed E-state index contributed by atoms with van der Waals surface area (Å²) < 4.78 is 64.8. The first kappa shape index (κ1) is 39.4. The molecule has 0 saturated carbocycles. The Morgan fingerprint density at radius 2 is 1.14 bits per heavy atom. The van der Waals surface area contributed by atoms with Gasteiger partial charge in [0, 0.05) is 11.3 Å². The molecule has 2 aliphatic heterocycles. The Hall–Kier alpha value is -9.03. The number of rotatable bonds is 9. The number of ether oxygens (including phenoxy) is 1. The standard InChI is InChI=1S/C68H46BN5O.Pt/c1-46-20-17-25-52(42-46)56-31-19-30-55(50-40-38-49(39-41-50)48-21-5-3-6-22-48)67(56)72-45-71(61-34-13-14-35-62(61)72)53-26-18-27-54(44-53)75-68-66(51-23-7-4-8-24-51)47(2)43-65(70-68)74-64-37-16-15-36-63(64)73-60-33-12-10-29-58(60)57-28-9-11-32-59(57)69(73)74;/h3-36,38-43H,1-2H3;/q-2;/i1D3,2D3;. The molecule has 0 unspecified atom stereocenters. The number of para-hydroxylation sites is 5. The molecule has 0 amide bonds. The van der Waals surface area contributed by atoms with E-state index in [0.717, 1.165) is 87.6 Å². The summed E-state index contributed by atoms with van der Waals surface area (Å²) in [5.74, 6) is 0.786. The second-order valence-electron chi connectivity index (χ2n) is 18.8. The van der Waals surface area contributed by atoms with E-state index in [-0.39, 0.29) is 17.0 Å². The fourth-order valence-electron chi connectivity index (χ4n) is 11.1. The van der Waals surface area contributed by atoms with Crippen LogP contribution in [0.5, 0.6) is 11.6 Å². The van der Waals surface area contributed by atoms with Gasteiger partial charge in [0.05, 0.1) is 0 Å². The maximum absolute atomic E-state index is 9.16. The van der Waals surface area contributed by atoms with E-state index in [1.807, 2.05) is 133 Å². The van der Waals surface area contributed by atoms with Gasteiger partial charge < -0.3 is 0 Å². The molecule has 2 aliphatic rings. The molecule has 0 fully saturated rings. The van der Waals surface area contributed by atoms with Gasteiger partial charge in [0.25, 0.3) is 0 Å². The Bertz CT molecular complexity index is 4530. The Morgan fingerprint density at radius 3 is 1.95 bits per heavy atom. The number of aromatic nitrogens is 3. The first-order chi connectivity index (χ1) is 39.9. The van der Waals surface area contributed by atoms with Gasteiger partial charge in [-0.15, -0.1) is 6.07 Å². The van der Waals surface area contributed by atoms with Crippen LogP contribution in [0.1, 0.15) is 19.4 Å². The van der Waals surface area contributed by atoms with Crippen LogP contribution in [0.15, 0.2) is 243 Å². The van der Waals surface area contributed by atoms with Gasteiger partial charge in [-0.25, -0.2) is 0 Å². The molecule has 364 valence electrons. The molecule has 0 aliphatic carbocycles. The van der Waals surface area contributed by atoms with Gasteiger partial charge in [-0.1, -0.05) is 42.5 Å². The van der Waals surface area contributed by atoms with Gasteiger partial charge in [-0.2, -0.15) is 12.1 Å². The number of hydrogen-bond donors (Lipinski definition) is 0. The van der Waals surface area contributed by atoms with Crippen molar-refractivity contribution in [3.05, 3.63) is 270 Å². The van der Waals surface area contributed by atoms with Gasteiger partial charge in [-0.3, -0.25) is 0 Å². The third-order valence-electron chi connectivity index (χ3n) is 14.4. The van der Waals surface area contributed by atoms with Crippen LogP contribution in [-0.2, 0) is 19.4 Å². The summed E-state index contributed by atoms with van der Waals surface area (Å²) in [6, 6.07) is 86.9. The molecule has 10 aromatic carbocycles. The predicted molar refractivity (Wildman–Crippen MR) is 307 cm³/mol. The monoisotopic (exact) mass is 1160 g/mol. The molecule has 8 heteroatoms. The Labute approximate surface area is 462 Å². The summed E-state index contributed by atoms with van der Waals surface area (Å²) >= 11 is 2.37. The van der Waals surface area contributed by atoms with Crippen LogP contribution < -0.4 is 19.8 Å². The molecule has 2 aromatic heterocycles. The first-order valence-electron chi connectivity index (χ1n) is 28.1. The quantitative estimate of drug-likeness (QED) is 0.107. The number of nitrogens with zero attached hydrogens (tertiary/aromatic N) is 5. The van der Waals surface area contributed by atoms with Crippen molar-refractivity contribution < 1.29 is 32.3 Å². The van der Waals surface area contributed by atoms with Crippen molar-refractivity contribution in [2.45, 2.75) is 13.7 Å². The minimum absolute atomic E-state index is 0.0796. The Kier molecular flexibility index (Phi) is 9.71. The van der Waals surface area contributed by atoms with E-state index < -0.39 is 20.7 Å². The van der Waals surface area contributed by atoms with Crippen molar-refractivity contribution in [1.29, 1.82) is 0 Å². The molecular formula is C68H46BN5OPt-2. The molecule has 0 saturated heterocycles. The fraction of sp³-hybridized carbons (Fsp3) is 0.0294. The second-order valence-corrected chi connectivity index (χ2v) is 19.8. The van der Waals surface area contributed by atoms with E-state index >= 15 is 0 Å². The molecule has 0 N–H and O–H groups in total. The molecule has 4 heterocycles. The van der Waals surface area contributed by atoms with Gasteiger partial charge in [-0.05, 0) is 11.6 Å². The van der Waals surface area contributed by atoms with Gasteiger partial charge >= 0.3 is 381 Å². The van der Waals surface area contributed by atoms with Crippen LogP contribution in [0.25, 0.3) is 78.0 Å². The Balaban J connectivity index is 0.941. The number of hydrogen-bond acceptors (Lipinski definition) is 4. The van der Waals surface area contributed by atoms with Crippen LogP contribution in [0.4, 0.5) is 22.9 Å². The topological polar surface area (TPSA) is 38.5 Å². The van der Waals surface area contributed by atoms with E-state index in [2.05, 4.69) is 141 Å². The van der Waals surface area contributed by atoms with Crippen LogP contribution in [0.3, 0.4) is 0 Å². The fourth-order valence-corrected chi connectivity index (χ4v) is 12.2. The zero-order valence-electron chi connectivity index (χ0n) is 46.6. The zero-order valence-corrected chi connectivity index (χ0v) is 42.9. The molecule has 76 heavy (non-hydrogen) atoms. The minimum atomic E-state index is -2.60. The summed E-state index contributed by atoms with van der Waals surface area (Å²) in [7, 11) is 0. The molecular weight excluding hydrogens is 1110 g/mol. The number of imidazole rings is 1. The molecule has 0 spiro atoms. The van der Waals surface area contributed by atoms with Crippen molar-refractivity contribution in [2.75, 3.05) is 9.62 Å². The van der Waals surface area contributed by atoms with Gasteiger partial charge in [0.15, 0.2) is 0 Å². The van der Waals surface area contributed by atoms with E-state index in [9.17, 15) is 0 Å². The predicted octanol–water partition coefficient (Wildman–Crippen LogP) is 16.2. The molecule has 6 nitrogen and oxygen atoms in total. The average Bonchev–Trinajstić information content (AvgIpc) is 4.16. The maximum atomic E-state index is 9.16. The van der Waals surface area contributed by atoms with E-state index in [1.54, 1.807) is 18.2 Å². The number of aryl methyl sites for hydroxylation is 2. The van der Waals surface area contributed by atoms with E-state index in [4.69, 9.17) is 17.9 Å². The molecule has 0 atom stereocenters. The van der Waals surface area contributed by atoms with Gasteiger partial charge in [0.2, 0.25) is 0 Å². The molecule has 14 rings (SSSR count). The SMILES string of the molecule is [2H]C([2H])([2H])c1cccc(-c2cccc(-c3ccc(-c4ccccc4)cc3)c2-n2[c](=[Pt])n(-c3[c-]c(Oc4nc(N5B6c7ccccc7-c7ccccc7N6c6ccc[c-]c65)cc(C([2H])([2H])[2H])c4-c4ccccc4)ccc3)c3ccccc32)c1. The molecule has 0 radical (unpaired) electrons. The van der Waals surface area contributed by atoms with Crippen molar-refractivity contribution >= 4 is 46.4 Å². The van der Waals surface area contributed by atoms with Crippen molar-refractivity contribution in [1.82, 2.24) is 14.1 Å². The summed E-state index contributed by atoms with van der Waals surface area (Å²) in [5, 5.41) is 0. The summed E-state index contributed by atoms with van der Waals surface area (Å²) in [6.45, 7) is -5.36. The van der Waals surface area contributed by atoms with Gasteiger partial charge in [0.1, 0.15) is 0 Å². The third-order valence-corrected chi connectivity index (χ3v) is 15.4. The van der Waals surface area contributed by atoms with Crippen LogP contribution in [0.2, 0.25) is 0 Å². The van der Waals surface area contributed by atoms with Crippen LogP contribution in [0, 0.1) is 29.6 Å². The average molecular weight is 1160 g/mol. The Morgan fingerprint density at radius 1 is 0.513 bits per heavy atom. The van der Waals surface area contributed by atoms with Crippen LogP contribution >= 0.6 is 0 Å². The number of benzene rings is 10. The number of anilines is 4. The third kappa shape index (κ3) is 7.61. The van der Waals surface area contributed by atoms with Crippen molar-refractivity contribution in [2.24, 2.45) is 0 Å². The number of pyridine rings is 1.